The van der Waals surface area contributed by atoms with Crippen molar-refractivity contribution in [3.63, 3.8) is 0 Å². The fourth-order valence-corrected chi connectivity index (χ4v) is 1.19. The van der Waals surface area contributed by atoms with Crippen molar-refractivity contribution in [2.75, 3.05) is 0 Å². The molecule has 0 aliphatic carbocycles. The van der Waals surface area contributed by atoms with Crippen LogP contribution in [-0.4, -0.2) is 5.11 Å². The number of aromatic hydroxyl groups is 1. The second-order valence-electron chi connectivity index (χ2n) is 3.08. The topological polar surface area (TPSA) is 46.2 Å². The highest BCUT2D eigenvalue weighted by Crippen LogP contribution is 2.25. The minimum absolute atomic E-state index is 0.0510. The lowest BCUT2D eigenvalue weighted by molar-refractivity contribution is 0.460. The first-order chi connectivity index (χ1) is 5.65. The van der Waals surface area contributed by atoms with Gasteiger partial charge in [0.25, 0.3) is 0 Å². The van der Waals surface area contributed by atoms with Crippen LogP contribution >= 0.6 is 0 Å². The molecule has 0 fully saturated rings. The van der Waals surface area contributed by atoms with E-state index in [-0.39, 0.29) is 6.04 Å². The molecule has 2 heteroatoms. The van der Waals surface area contributed by atoms with Crippen molar-refractivity contribution >= 4 is 0 Å². The van der Waals surface area contributed by atoms with Crippen LogP contribution < -0.4 is 5.73 Å². The van der Waals surface area contributed by atoms with E-state index in [0.717, 1.165) is 17.5 Å². The molecule has 0 aliphatic rings. The van der Waals surface area contributed by atoms with Gasteiger partial charge >= 0.3 is 0 Å². The molecule has 0 aromatic heterocycles. The van der Waals surface area contributed by atoms with Gasteiger partial charge in [-0.2, -0.15) is 0 Å². The number of rotatable bonds is 2. The van der Waals surface area contributed by atoms with E-state index in [2.05, 4.69) is 0 Å². The second-order valence-corrected chi connectivity index (χ2v) is 3.08. The average molecular weight is 165 g/mol. The molecule has 0 saturated heterocycles. The number of phenols is 1. The van der Waals surface area contributed by atoms with Crippen molar-refractivity contribution in [2.45, 2.75) is 26.3 Å². The number of benzene rings is 1. The predicted molar refractivity (Wildman–Crippen MR) is 50.1 cm³/mol. The first kappa shape index (κ1) is 9.07. The number of hydrogen-bond donors (Lipinski definition) is 2. The van der Waals surface area contributed by atoms with Gasteiger partial charge in [0, 0.05) is 11.6 Å². The van der Waals surface area contributed by atoms with E-state index in [1.807, 2.05) is 26.0 Å². The van der Waals surface area contributed by atoms with Crippen molar-refractivity contribution < 1.29 is 5.11 Å². The van der Waals surface area contributed by atoms with Gasteiger partial charge in [-0.05, 0) is 19.4 Å². The van der Waals surface area contributed by atoms with Crippen LogP contribution in [-0.2, 0) is 0 Å². The van der Waals surface area contributed by atoms with Crippen LogP contribution in [0.4, 0.5) is 0 Å². The number of nitrogens with two attached hydrogens (primary N) is 1. The summed E-state index contributed by atoms with van der Waals surface area (Å²) in [5.41, 5.74) is 7.78. The molecule has 1 aromatic carbocycles. The Kier molecular flexibility index (Phi) is 2.71. The minimum Gasteiger partial charge on any atom is -0.508 e. The fraction of sp³-hybridized carbons (Fsp3) is 0.400. The molecule has 12 heavy (non-hydrogen) atoms. The maximum Gasteiger partial charge on any atom is 0.120 e. The molecule has 1 unspecified atom stereocenters. The normalized spacial score (nSPS) is 12.9. The molecule has 2 nitrogen and oxygen atoms in total. The van der Waals surface area contributed by atoms with Gasteiger partial charge in [-0.3, -0.25) is 0 Å². The molecule has 1 rings (SSSR count). The lowest BCUT2D eigenvalue weighted by atomic mass is 10.0. The van der Waals surface area contributed by atoms with Crippen molar-refractivity contribution in [3.05, 3.63) is 29.3 Å². The lowest BCUT2D eigenvalue weighted by Gasteiger charge is -2.11. The van der Waals surface area contributed by atoms with Gasteiger partial charge in [0.1, 0.15) is 5.75 Å². The van der Waals surface area contributed by atoms with E-state index in [4.69, 9.17) is 5.73 Å². The Bertz CT molecular complexity index is 271. The van der Waals surface area contributed by atoms with E-state index >= 15 is 0 Å². The Morgan fingerprint density at radius 3 is 2.75 bits per heavy atom. The first-order valence-electron chi connectivity index (χ1n) is 4.20. The summed E-state index contributed by atoms with van der Waals surface area (Å²) in [7, 11) is 0. The third kappa shape index (κ3) is 1.77. The van der Waals surface area contributed by atoms with Crippen LogP contribution in [0.3, 0.4) is 0 Å². The molecule has 1 atom stereocenters. The van der Waals surface area contributed by atoms with Gasteiger partial charge in [0.15, 0.2) is 0 Å². The standard InChI is InChI=1S/C10H15NO/c1-3-9(11)8-6-7(2)4-5-10(8)12/h4-6,9,12H,3,11H2,1-2H3. The molecule has 0 amide bonds. The molecule has 0 bridgehead atoms. The zero-order valence-corrected chi connectivity index (χ0v) is 7.54. The van der Waals surface area contributed by atoms with Crippen LogP contribution in [0.25, 0.3) is 0 Å². The molecule has 1 aromatic rings. The first-order valence-corrected chi connectivity index (χ1v) is 4.20. The Balaban J connectivity index is 3.04. The van der Waals surface area contributed by atoms with Gasteiger partial charge in [-0.15, -0.1) is 0 Å². The highest BCUT2D eigenvalue weighted by molar-refractivity contribution is 5.37. The zero-order valence-electron chi connectivity index (χ0n) is 7.54. The van der Waals surface area contributed by atoms with Crippen LogP contribution in [0, 0.1) is 6.92 Å². The quantitative estimate of drug-likeness (QED) is 0.705. The molecule has 0 saturated carbocycles. The monoisotopic (exact) mass is 165 g/mol. The van der Waals surface area contributed by atoms with Crippen molar-refractivity contribution in [1.29, 1.82) is 0 Å². The van der Waals surface area contributed by atoms with Crippen molar-refractivity contribution in [2.24, 2.45) is 5.73 Å². The summed E-state index contributed by atoms with van der Waals surface area (Å²) in [6.45, 7) is 4.00. The summed E-state index contributed by atoms with van der Waals surface area (Å²) in [4.78, 5) is 0. The van der Waals surface area contributed by atoms with Crippen LogP contribution in [0.15, 0.2) is 18.2 Å². The van der Waals surface area contributed by atoms with Gasteiger partial charge in [-0.1, -0.05) is 24.6 Å². The van der Waals surface area contributed by atoms with Gasteiger partial charge in [0.05, 0.1) is 0 Å². The highest BCUT2D eigenvalue weighted by atomic mass is 16.3. The molecule has 0 spiro atoms. The summed E-state index contributed by atoms with van der Waals surface area (Å²) in [5.74, 6) is 0.301. The van der Waals surface area contributed by atoms with E-state index in [0.29, 0.717) is 5.75 Å². The van der Waals surface area contributed by atoms with Crippen LogP contribution in [0.5, 0.6) is 5.75 Å². The summed E-state index contributed by atoms with van der Waals surface area (Å²) >= 11 is 0. The third-order valence-corrected chi connectivity index (χ3v) is 2.02. The highest BCUT2D eigenvalue weighted by Gasteiger charge is 2.07. The number of aryl methyl sites for hydroxylation is 1. The zero-order chi connectivity index (χ0) is 9.14. The lowest BCUT2D eigenvalue weighted by Crippen LogP contribution is -2.08. The van der Waals surface area contributed by atoms with Crippen molar-refractivity contribution in [3.8, 4) is 5.75 Å². The fourth-order valence-electron chi connectivity index (χ4n) is 1.19. The second kappa shape index (κ2) is 3.59. The summed E-state index contributed by atoms with van der Waals surface area (Å²) in [6.07, 6.45) is 0.844. The van der Waals surface area contributed by atoms with E-state index in [1.54, 1.807) is 6.07 Å². The average Bonchev–Trinajstić information content (AvgIpc) is 2.08. The van der Waals surface area contributed by atoms with Gasteiger partial charge < -0.3 is 10.8 Å². The minimum atomic E-state index is -0.0510. The Morgan fingerprint density at radius 2 is 2.17 bits per heavy atom. The molecule has 0 aliphatic heterocycles. The molecule has 0 heterocycles. The maximum absolute atomic E-state index is 9.46. The molecular weight excluding hydrogens is 150 g/mol. The summed E-state index contributed by atoms with van der Waals surface area (Å²) < 4.78 is 0. The molecule has 3 N–H and O–H groups in total. The SMILES string of the molecule is CCC(N)c1cc(C)ccc1O. The van der Waals surface area contributed by atoms with E-state index in [1.165, 1.54) is 0 Å². The summed E-state index contributed by atoms with van der Waals surface area (Å²) in [5, 5.41) is 9.46. The van der Waals surface area contributed by atoms with Crippen LogP contribution in [0.1, 0.15) is 30.5 Å². The van der Waals surface area contributed by atoms with Gasteiger partial charge in [-0.25, -0.2) is 0 Å². The van der Waals surface area contributed by atoms with E-state index in [9.17, 15) is 5.11 Å². The predicted octanol–water partition coefficient (Wildman–Crippen LogP) is 2.11. The smallest absolute Gasteiger partial charge is 0.120 e. The molecule has 66 valence electrons. The molecule has 0 radical (unpaired) electrons. The van der Waals surface area contributed by atoms with E-state index < -0.39 is 0 Å². The number of phenolic OH excluding ortho intramolecular Hbond substituents is 1. The summed E-state index contributed by atoms with van der Waals surface area (Å²) in [6, 6.07) is 5.45. The van der Waals surface area contributed by atoms with Crippen molar-refractivity contribution in [1.82, 2.24) is 0 Å². The Labute approximate surface area is 73.0 Å². The Hall–Kier alpha value is -1.02. The van der Waals surface area contributed by atoms with Gasteiger partial charge in [0.2, 0.25) is 0 Å². The third-order valence-electron chi connectivity index (χ3n) is 2.02. The largest absolute Gasteiger partial charge is 0.508 e. The van der Waals surface area contributed by atoms with Crippen LogP contribution in [0.2, 0.25) is 0 Å². The Morgan fingerprint density at radius 1 is 1.50 bits per heavy atom. The molecular formula is C10H15NO. The number of hydrogen-bond acceptors (Lipinski definition) is 2. The maximum atomic E-state index is 9.46.